The summed E-state index contributed by atoms with van der Waals surface area (Å²) in [7, 11) is 0. The lowest BCUT2D eigenvalue weighted by Crippen LogP contribution is -2.33. The van der Waals surface area contributed by atoms with Gasteiger partial charge in [0, 0.05) is 12.5 Å². The molecule has 1 heterocycles. The van der Waals surface area contributed by atoms with Crippen LogP contribution in [-0.2, 0) is 9.47 Å². The van der Waals surface area contributed by atoms with Crippen molar-refractivity contribution in [2.75, 3.05) is 19.8 Å². The Kier molecular flexibility index (Phi) is 10.4. The predicted octanol–water partition coefficient (Wildman–Crippen LogP) is 3.87. The third-order valence-electron chi connectivity index (χ3n) is 3.82. The molecule has 1 aliphatic rings. The number of nitrogens with one attached hydrogen (secondary N) is 1. The molecule has 0 aromatic heterocycles. The molecule has 0 saturated carbocycles. The first kappa shape index (κ1) is 16.9. The summed E-state index contributed by atoms with van der Waals surface area (Å²) in [5.74, 6) is 0. The van der Waals surface area contributed by atoms with Crippen LogP contribution in [0.5, 0.6) is 0 Å². The molecule has 0 spiro atoms. The topological polar surface area (TPSA) is 30.5 Å². The van der Waals surface area contributed by atoms with Crippen LogP contribution in [0.3, 0.4) is 0 Å². The molecule has 1 rings (SSSR count). The third-order valence-corrected chi connectivity index (χ3v) is 3.82. The normalized spacial score (nSPS) is 18.0. The highest BCUT2D eigenvalue weighted by Crippen LogP contribution is 2.16. The van der Waals surface area contributed by atoms with Gasteiger partial charge in [0.2, 0.25) is 0 Å². The molecule has 19 heavy (non-hydrogen) atoms. The molecule has 3 heteroatoms. The van der Waals surface area contributed by atoms with Crippen LogP contribution < -0.4 is 5.32 Å². The molecule has 0 aromatic carbocycles. The maximum absolute atomic E-state index is 5.54. The molecule has 0 radical (unpaired) electrons. The predicted molar refractivity (Wildman–Crippen MR) is 80.4 cm³/mol. The Morgan fingerprint density at radius 3 is 2.21 bits per heavy atom. The van der Waals surface area contributed by atoms with E-state index < -0.39 is 0 Å². The second-order valence-electron chi connectivity index (χ2n) is 5.57. The van der Waals surface area contributed by atoms with Crippen LogP contribution in [0.15, 0.2) is 0 Å². The van der Waals surface area contributed by atoms with Crippen molar-refractivity contribution in [2.45, 2.75) is 84.0 Å². The van der Waals surface area contributed by atoms with Crippen LogP contribution in [0.4, 0.5) is 0 Å². The Morgan fingerprint density at radius 2 is 1.58 bits per heavy atom. The Hall–Kier alpha value is -0.120. The summed E-state index contributed by atoms with van der Waals surface area (Å²) in [4.78, 5) is 0. The summed E-state index contributed by atoms with van der Waals surface area (Å²) in [5, 5.41) is 3.56. The van der Waals surface area contributed by atoms with Crippen LogP contribution in [-0.4, -0.2) is 32.1 Å². The van der Waals surface area contributed by atoms with Crippen molar-refractivity contribution in [1.29, 1.82) is 0 Å². The SMILES string of the molecule is CCCCCCCCCC(CC1OCCO1)NCC. The van der Waals surface area contributed by atoms with Gasteiger partial charge in [0.15, 0.2) is 6.29 Å². The number of rotatable bonds is 12. The lowest BCUT2D eigenvalue weighted by molar-refractivity contribution is -0.0531. The van der Waals surface area contributed by atoms with Crippen molar-refractivity contribution in [2.24, 2.45) is 0 Å². The van der Waals surface area contributed by atoms with E-state index in [0.29, 0.717) is 6.04 Å². The van der Waals surface area contributed by atoms with Gasteiger partial charge in [0.05, 0.1) is 13.2 Å². The summed E-state index contributed by atoms with van der Waals surface area (Å²) in [5.41, 5.74) is 0. The Bertz CT molecular complexity index is 193. The minimum absolute atomic E-state index is 0.0357. The van der Waals surface area contributed by atoms with Gasteiger partial charge in [-0.3, -0.25) is 0 Å². The molecule has 0 bridgehead atoms. The van der Waals surface area contributed by atoms with Gasteiger partial charge >= 0.3 is 0 Å². The largest absolute Gasteiger partial charge is 0.350 e. The van der Waals surface area contributed by atoms with E-state index in [4.69, 9.17) is 9.47 Å². The fourth-order valence-corrected chi connectivity index (χ4v) is 2.72. The first-order valence-electron chi connectivity index (χ1n) is 8.33. The Labute approximate surface area is 119 Å². The molecule has 1 aliphatic heterocycles. The molecular formula is C16H33NO2. The van der Waals surface area contributed by atoms with E-state index in [2.05, 4.69) is 19.2 Å². The number of unbranched alkanes of at least 4 members (excludes halogenated alkanes) is 6. The van der Waals surface area contributed by atoms with Crippen LogP contribution in [0, 0.1) is 0 Å². The average Bonchev–Trinajstić information content (AvgIpc) is 2.91. The summed E-state index contributed by atoms with van der Waals surface area (Å²) < 4.78 is 11.1. The Balaban J connectivity index is 2.01. The van der Waals surface area contributed by atoms with E-state index in [-0.39, 0.29) is 6.29 Å². The van der Waals surface area contributed by atoms with Crippen molar-refractivity contribution >= 4 is 0 Å². The van der Waals surface area contributed by atoms with Crippen LogP contribution in [0.1, 0.15) is 71.6 Å². The van der Waals surface area contributed by atoms with Gasteiger partial charge < -0.3 is 14.8 Å². The van der Waals surface area contributed by atoms with Crippen molar-refractivity contribution in [3.8, 4) is 0 Å². The lowest BCUT2D eigenvalue weighted by atomic mass is 10.0. The van der Waals surface area contributed by atoms with E-state index in [9.17, 15) is 0 Å². The van der Waals surface area contributed by atoms with Crippen molar-refractivity contribution < 1.29 is 9.47 Å². The minimum atomic E-state index is 0.0357. The van der Waals surface area contributed by atoms with Crippen LogP contribution >= 0.6 is 0 Å². The van der Waals surface area contributed by atoms with E-state index >= 15 is 0 Å². The molecular weight excluding hydrogens is 238 g/mol. The molecule has 0 aliphatic carbocycles. The summed E-state index contributed by atoms with van der Waals surface area (Å²) in [6, 6.07) is 0.559. The zero-order chi connectivity index (χ0) is 13.8. The highest BCUT2D eigenvalue weighted by atomic mass is 16.7. The minimum Gasteiger partial charge on any atom is -0.350 e. The molecule has 3 nitrogen and oxygen atoms in total. The molecule has 1 atom stereocenters. The van der Waals surface area contributed by atoms with Gasteiger partial charge in [-0.2, -0.15) is 0 Å². The van der Waals surface area contributed by atoms with Crippen LogP contribution in [0.2, 0.25) is 0 Å². The molecule has 0 aromatic rings. The maximum atomic E-state index is 5.54. The zero-order valence-corrected chi connectivity index (χ0v) is 13.0. The van der Waals surface area contributed by atoms with E-state index in [0.717, 1.165) is 26.2 Å². The molecule has 1 unspecified atom stereocenters. The van der Waals surface area contributed by atoms with Gasteiger partial charge in [-0.05, 0) is 13.0 Å². The van der Waals surface area contributed by atoms with E-state index in [1.54, 1.807) is 0 Å². The number of hydrogen-bond donors (Lipinski definition) is 1. The van der Waals surface area contributed by atoms with Gasteiger partial charge in [0.25, 0.3) is 0 Å². The van der Waals surface area contributed by atoms with Crippen molar-refractivity contribution in [1.82, 2.24) is 5.32 Å². The monoisotopic (exact) mass is 271 g/mol. The third kappa shape index (κ3) is 8.61. The molecule has 114 valence electrons. The molecule has 0 amide bonds. The van der Waals surface area contributed by atoms with Gasteiger partial charge in [0.1, 0.15) is 0 Å². The number of ether oxygens (including phenoxy) is 2. The maximum Gasteiger partial charge on any atom is 0.159 e. The summed E-state index contributed by atoms with van der Waals surface area (Å²) >= 11 is 0. The van der Waals surface area contributed by atoms with Gasteiger partial charge in [-0.25, -0.2) is 0 Å². The molecule has 1 N–H and O–H groups in total. The summed E-state index contributed by atoms with van der Waals surface area (Å²) in [6.07, 6.45) is 12.0. The summed E-state index contributed by atoms with van der Waals surface area (Å²) in [6.45, 7) is 7.01. The fraction of sp³-hybridized carbons (Fsp3) is 1.00. The zero-order valence-electron chi connectivity index (χ0n) is 13.0. The van der Waals surface area contributed by atoms with E-state index in [1.807, 2.05) is 0 Å². The standard InChI is InChI=1S/C16H33NO2/c1-3-5-6-7-8-9-10-11-15(17-4-2)14-16-18-12-13-19-16/h15-17H,3-14H2,1-2H3. The highest BCUT2D eigenvalue weighted by Gasteiger charge is 2.20. The molecule has 1 saturated heterocycles. The van der Waals surface area contributed by atoms with Crippen molar-refractivity contribution in [3.63, 3.8) is 0 Å². The van der Waals surface area contributed by atoms with E-state index in [1.165, 1.54) is 51.4 Å². The molecule has 1 fully saturated rings. The Morgan fingerprint density at radius 1 is 0.947 bits per heavy atom. The second-order valence-corrected chi connectivity index (χ2v) is 5.57. The fourth-order valence-electron chi connectivity index (χ4n) is 2.72. The highest BCUT2D eigenvalue weighted by molar-refractivity contribution is 4.69. The quantitative estimate of drug-likeness (QED) is 0.547. The van der Waals surface area contributed by atoms with Gasteiger partial charge in [-0.15, -0.1) is 0 Å². The smallest absolute Gasteiger partial charge is 0.159 e. The second kappa shape index (κ2) is 11.7. The van der Waals surface area contributed by atoms with Crippen molar-refractivity contribution in [3.05, 3.63) is 0 Å². The van der Waals surface area contributed by atoms with Gasteiger partial charge in [-0.1, -0.05) is 58.8 Å². The first-order chi connectivity index (χ1) is 9.36. The first-order valence-corrected chi connectivity index (χ1v) is 8.33. The lowest BCUT2D eigenvalue weighted by Gasteiger charge is -2.20. The number of hydrogen-bond acceptors (Lipinski definition) is 3. The van der Waals surface area contributed by atoms with Crippen LogP contribution in [0.25, 0.3) is 0 Å². The average molecular weight is 271 g/mol.